The van der Waals surface area contributed by atoms with Crippen molar-refractivity contribution in [3.63, 3.8) is 0 Å². The Bertz CT molecular complexity index is 869. The van der Waals surface area contributed by atoms with E-state index in [2.05, 4.69) is 9.71 Å². The summed E-state index contributed by atoms with van der Waals surface area (Å²) in [6, 6.07) is 12.5. The van der Waals surface area contributed by atoms with E-state index in [0.717, 1.165) is 16.7 Å². The molecule has 3 aromatic rings. The summed E-state index contributed by atoms with van der Waals surface area (Å²) in [5.41, 5.74) is 0. The normalized spacial score (nSPS) is 11.7. The number of nitrogens with one attached hydrogen (secondary N) is 1. The lowest BCUT2D eigenvalue weighted by Crippen LogP contribution is -2.13. The molecular formula is C13H9ClN2O2S2. The van der Waals surface area contributed by atoms with Gasteiger partial charge in [0, 0.05) is 5.39 Å². The van der Waals surface area contributed by atoms with Crippen molar-refractivity contribution in [1.29, 1.82) is 0 Å². The van der Waals surface area contributed by atoms with Crippen molar-refractivity contribution < 1.29 is 8.42 Å². The highest BCUT2D eigenvalue weighted by molar-refractivity contribution is 7.93. The van der Waals surface area contributed by atoms with Gasteiger partial charge in [-0.2, -0.15) is 0 Å². The maximum absolute atomic E-state index is 12.4. The Kier molecular flexibility index (Phi) is 3.37. The van der Waals surface area contributed by atoms with Gasteiger partial charge < -0.3 is 0 Å². The first kappa shape index (κ1) is 13.4. The van der Waals surface area contributed by atoms with Crippen molar-refractivity contribution in [2.75, 3.05) is 4.72 Å². The molecule has 0 atom stereocenters. The van der Waals surface area contributed by atoms with Crippen molar-refractivity contribution in [2.45, 2.75) is 4.90 Å². The van der Waals surface area contributed by atoms with Gasteiger partial charge >= 0.3 is 0 Å². The van der Waals surface area contributed by atoms with Gasteiger partial charge in [0.05, 0.1) is 11.1 Å². The molecule has 0 aliphatic rings. The largest absolute Gasteiger partial charge is 0.264 e. The van der Waals surface area contributed by atoms with E-state index in [-0.39, 0.29) is 10.0 Å². The molecule has 0 saturated carbocycles. The van der Waals surface area contributed by atoms with Crippen molar-refractivity contribution in [1.82, 2.24) is 4.98 Å². The molecule has 1 heterocycles. The zero-order valence-electron chi connectivity index (χ0n) is 10.1. The van der Waals surface area contributed by atoms with Gasteiger partial charge in [0.1, 0.15) is 4.34 Å². The van der Waals surface area contributed by atoms with E-state index in [1.54, 1.807) is 18.2 Å². The second kappa shape index (κ2) is 5.05. The minimum absolute atomic E-state index is 0.224. The Morgan fingerprint density at radius 1 is 1.10 bits per heavy atom. The number of sulfonamides is 1. The molecule has 1 aromatic heterocycles. The van der Waals surface area contributed by atoms with Gasteiger partial charge in [-0.15, -0.1) is 0 Å². The molecule has 4 nitrogen and oxygen atoms in total. The average Bonchev–Trinajstić information content (AvgIpc) is 2.82. The molecule has 2 aromatic carbocycles. The van der Waals surface area contributed by atoms with E-state index < -0.39 is 10.0 Å². The SMILES string of the molecule is O=S(=O)(Nc1ncc(Cl)s1)c1cccc2ccccc12. The van der Waals surface area contributed by atoms with Gasteiger partial charge in [-0.3, -0.25) is 4.72 Å². The van der Waals surface area contributed by atoms with E-state index >= 15 is 0 Å². The van der Waals surface area contributed by atoms with Crippen LogP contribution in [0, 0.1) is 0 Å². The third-order valence-electron chi connectivity index (χ3n) is 2.74. The van der Waals surface area contributed by atoms with Crippen molar-refractivity contribution in [3.05, 3.63) is 53.0 Å². The molecule has 0 spiro atoms. The highest BCUT2D eigenvalue weighted by Crippen LogP contribution is 2.28. The molecule has 0 radical (unpaired) electrons. The third kappa shape index (κ3) is 2.49. The molecule has 1 N–H and O–H groups in total. The van der Waals surface area contributed by atoms with Crippen LogP contribution in [0.5, 0.6) is 0 Å². The molecule has 0 aliphatic heterocycles. The van der Waals surface area contributed by atoms with Gasteiger partial charge in [0.15, 0.2) is 5.13 Å². The van der Waals surface area contributed by atoms with Crippen LogP contribution in [0.4, 0.5) is 5.13 Å². The average molecular weight is 325 g/mol. The Morgan fingerprint density at radius 2 is 1.85 bits per heavy atom. The lowest BCUT2D eigenvalue weighted by molar-refractivity contribution is 0.602. The Hall–Kier alpha value is -1.63. The first-order valence-corrected chi connectivity index (χ1v) is 8.36. The summed E-state index contributed by atoms with van der Waals surface area (Å²) in [7, 11) is -3.69. The second-order valence-electron chi connectivity index (χ2n) is 4.05. The molecule has 0 aliphatic carbocycles. The second-order valence-corrected chi connectivity index (χ2v) is 7.37. The third-order valence-corrected chi connectivity index (χ3v) is 5.29. The predicted octanol–water partition coefficient (Wildman–Crippen LogP) is 3.75. The number of anilines is 1. The summed E-state index contributed by atoms with van der Waals surface area (Å²) in [5.74, 6) is 0. The topological polar surface area (TPSA) is 59.1 Å². The maximum Gasteiger partial charge on any atom is 0.264 e. The standard InChI is InChI=1S/C13H9ClN2O2S2/c14-12-8-15-13(19-12)16-20(17,18)11-7-3-5-9-4-1-2-6-10(9)11/h1-8H,(H,15,16). The first-order chi connectivity index (χ1) is 9.56. The van der Waals surface area contributed by atoms with Gasteiger partial charge in [0.25, 0.3) is 10.0 Å². The van der Waals surface area contributed by atoms with Crippen LogP contribution in [0.3, 0.4) is 0 Å². The van der Waals surface area contributed by atoms with Crippen molar-refractivity contribution in [2.24, 2.45) is 0 Å². The summed E-state index contributed by atoms with van der Waals surface area (Å²) < 4.78 is 27.7. The monoisotopic (exact) mass is 324 g/mol. The molecule has 102 valence electrons. The summed E-state index contributed by atoms with van der Waals surface area (Å²) in [4.78, 5) is 4.13. The molecule has 0 amide bonds. The fourth-order valence-electron chi connectivity index (χ4n) is 1.90. The quantitative estimate of drug-likeness (QED) is 0.798. The number of nitrogens with zero attached hydrogens (tertiary/aromatic N) is 1. The minimum Gasteiger partial charge on any atom is -0.255 e. The Morgan fingerprint density at radius 3 is 2.60 bits per heavy atom. The number of thiazole rings is 1. The molecular weight excluding hydrogens is 316 g/mol. The smallest absolute Gasteiger partial charge is 0.255 e. The van der Waals surface area contributed by atoms with Crippen molar-refractivity contribution >= 4 is 48.9 Å². The molecule has 0 fully saturated rings. The zero-order chi connectivity index (χ0) is 14.2. The van der Waals surface area contributed by atoms with Crippen LogP contribution in [-0.2, 0) is 10.0 Å². The fourth-order valence-corrected chi connectivity index (χ4v) is 4.19. The summed E-state index contributed by atoms with van der Waals surface area (Å²) in [6.45, 7) is 0. The zero-order valence-corrected chi connectivity index (χ0v) is 12.5. The molecule has 7 heteroatoms. The number of halogens is 1. The Balaban J connectivity index is 2.09. The molecule has 20 heavy (non-hydrogen) atoms. The lowest BCUT2D eigenvalue weighted by atomic mass is 10.1. The lowest BCUT2D eigenvalue weighted by Gasteiger charge is -2.08. The number of hydrogen-bond acceptors (Lipinski definition) is 4. The predicted molar refractivity (Wildman–Crippen MR) is 81.9 cm³/mol. The van der Waals surface area contributed by atoms with Gasteiger partial charge in [0.2, 0.25) is 0 Å². The van der Waals surface area contributed by atoms with Crippen LogP contribution in [0.25, 0.3) is 10.8 Å². The van der Waals surface area contributed by atoms with E-state index in [4.69, 9.17) is 11.6 Å². The van der Waals surface area contributed by atoms with Crippen LogP contribution in [0.1, 0.15) is 0 Å². The van der Waals surface area contributed by atoms with Crippen LogP contribution < -0.4 is 4.72 Å². The minimum atomic E-state index is -3.69. The van der Waals surface area contributed by atoms with Crippen LogP contribution in [0.15, 0.2) is 53.6 Å². The number of rotatable bonds is 3. The fraction of sp³-hybridized carbons (Fsp3) is 0. The maximum atomic E-state index is 12.4. The van der Waals surface area contributed by atoms with Crippen LogP contribution >= 0.6 is 22.9 Å². The van der Waals surface area contributed by atoms with E-state index in [0.29, 0.717) is 9.72 Å². The van der Waals surface area contributed by atoms with E-state index in [1.165, 1.54) is 6.20 Å². The highest BCUT2D eigenvalue weighted by Gasteiger charge is 2.18. The number of aromatic nitrogens is 1. The molecule has 0 bridgehead atoms. The molecule has 0 saturated heterocycles. The molecule has 0 unspecified atom stereocenters. The molecule has 3 rings (SSSR count). The van der Waals surface area contributed by atoms with Crippen LogP contribution in [-0.4, -0.2) is 13.4 Å². The van der Waals surface area contributed by atoms with Gasteiger partial charge in [-0.05, 0) is 11.5 Å². The first-order valence-electron chi connectivity index (χ1n) is 5.68. The van der Waals surface area contributed by atoms with Crippen LogP contribution in [0.2, 0.25) is 4.34 Å². The number of hydrogen-bond donors (Lipinski definition) is 1. The number of benzene rings is 2. The van der Waals surface area contributed by atoms with E-state index in [1.807, 2.05) is 24.3 Å². The summed E-state index contributed by atoms with van der Waals surface area (Å²) >= 11 is 6.83. The summed E-state index contributed by atoms with van der Waals surface area (Å²) in [5, 5.41) is 1.79. The highest BCUT2D eigenvalue weighted by atomic mass is 35.5. The summed E-state index contributed by atoms with van der Waals surface area (Å²) in [6.07, 6.45) is 1.41. The van der Waals surface area contributed by atoms with E-state index in [9.17, 15) is 8.42 Å². The van der Waals surface area contributed by atoms with Gasteiger partial charge in [-0.1, -0.05) is 59.3 Å². The van der Waals surface area contributed by atoms with Crippen molar-refractivity contribution in [3.8, 4) is 0 Å². The number of fused-ring (bicyclic) bond motifs is 1. The Labute approximate surface area is 125 Å². The van der Waals surface area contributed by atoms with Gasteiger partial charge in [-0.25, -0.2) is 13.4 Å².